The van der Waals surface area contributed by atoms with Crippen molar-refractivity contribution in [3.05, 3.63) is 47.5 Å². The van der Waals surface area contributed by atoms with Crippen LogP contribution in [0.25, 0.3) is 0 Å². The van der Waals surface area contributed by atoms with Gasteiger partial charge in [-0.05, 0) is 35.7 Å². The van der Waals surface area contributed by atoms with Crippen molar-refractivity contribution in [2.45, 2.75) is 25.5 Å². The zero-order chi connectivity index (χ0) is 16.4. The van der Waals surface area contributed by atoms with Gasteiger partial charge in [0.2, 0.25) is 5.91 Å². The molecule has 0 unspecified atom stereocenters. The van der Waals surface area contributed by atoms with Crippen molar-refractivity contribution in [1.29, 1.82) is 0 Å². The van der Waals surface area contributed by atoms with Crippen molar-refractivity contribution in [1.82, 2.24) is 0 Å². The van der Waals surface area contributed by atoms with Gasteiger partial charge in [0.25, 0.3) is 0 Å². The topological polar surface area (TPSA) is 49.8 Å². The highest BCUT2D eigenvalue weighted by Gasteiger charge is 2.51. The van der Waals surface area contributed by atoms with Gasteiger partial charge in [0.1, 0.15) is 5.75 Å². The number of β-lactam (4-membered cyclic amide) rings is 1. The number of amides is 1. The van der Waals surface area contributed by atoms with Crippen molar-refractivity contribution in [2.75, 3.05) is 12.0 Å². The fourth-order valence-electron chi connectivity index (χ4n) is 2.80. The summed E-state index contributed by atoms with van der Waals surface area (Å²) in [6, 6.07) is 6.89. The molecule has 0 aromatic heterocycles. The SMILES string of the molecule is C=C(Br)C[C@@H](O)[C@H]1[C@@H](C(=C)C)C(=O)N1c1ccc(OC)cc1. The third-order valence-corrected chi connectivity index (χ3v) is 4.17. The van der Waals surface area contributed by atoms with Crippen molar-refractivity contribution in [2.24, 2.45) is 5.92 Å². The van der Waals surface area contributed by atoms with Gasteiger partial charge in [0, 0.05) is 12.1 Å². The van der Waals surface area contributed by atoms with Crippen LogP contribution in [0.1, 0.15) is 13.3 Å². The van der Waals surface area contributed by atoms with Crippen LogP contribution in [0.2, 0.25) is 0 Å². The van der Waals surface area contributed by atoms with Gasteiger partial charge in [0.15, 0.2) is 0 Å². The lowest BCUT2D eigenvalue weighted by Gasteiger charge is -2.49. The van der Waals surface area contributed by atoms with Gasteiger partial charge < -0.3 is 14.7 Å². The van der Waals surface area contributed by atoms with E-state index < -0.39 is 6.10 Å². The Morgan fingerprint density at radius 1 is 1.41 bits per heavy atom. The minimum absolute atomic E-state index is 0.0399. The molecule has 0 radical (unpaired) electrons. The van der Waals surface area contributed by atoms with Gasteiger partial charge in [-0.15, -0.1) is 0 Å². The van der Waals surface area contributed by atoms with Crippen LogP contribution in [-0.4, -0.2) is 30.3 Å². The molecule has 0 bridgehead atoms. The third-order valence-electron chi connectivity index (χ3n) is 3.85. The molecule has 118 valence electrons. The molecule has 1 aliphatic rings. The zero-order valence-electron chi connectivity index (χ0n) is 12.8. The van der Waals surface area contributed by atoms with E-state index in [9.17, 15) is 9.90 Å². The van der Waals surface area contributed by atoms with Crippen molar-refractivity contribution >= 4 is 27.5 Å². The molecule has 3 atom stereocenters. The van der Waals surface area contributed by atoms with E-state index in [1.807, 2.05) is 19.1 Å². The summed E-state index contributed by atoms with van der Waals surface area (Å²) in [4.78, 5) is 14.1. The monoisotopic (exact) mass is 365 g/mol. The summed E-state index contributed by atoms with van der Waals surface area (Å²) in [7, 11) is 1.59. The van der Waals surface area contributed by atoms with Crippen LogP contribution in [0.3, 0.4) is 0 Å². The highest BCUT2D eigenvalue weighted by Crippen LogP contribution is 2.40. The average Bonchev–Trinajstić information content (AvgIpc) is 2.44. The minimum Gasteiger partial charge on any atom is -0.497 e. The second-order valence-corrected chi connectivity index (χ2v) is 6.63. The Kier molecular flexibility index (Phi) is 5.08. The summed E-state index contributed by atoms with van der Waals surface area (Å²) in [5.41, 5.74) is 1.51. The van der Waals surface area contributed by atoms with E-state index in [2.05, 4.69) is 29.1 Å². The molecule has 1 heterocycles. The summed E-state index contributed by atoms with van der Waals surface area (Å²) in [6.07, 6.45) is -0.317. The van der Waals surface area contributed by atoms with Gasteiger partial charge in [0.05, 0.1) is 25.2 Å². The zero-order valence-corrected chi connectivity index (χ0v) is 14.3. The molecular formula is C17H20BrNO3. The first-order chi connectivity index (χ1) is 10.4. The van der Waals surface area contributed by atoms with E-state index in [0.717, 1.165) is 17.0 Å². The van der Waals surface area contributed by atoms with Crippen LogP contribution in [-0.2, 0) is 4.79 Å². The summed E-state index contributed by atoms with van der Waals surface area (Å²) >= 11 is 3.27. The number of carbonyl (C=O) groups is 1. The maximum atomic E-state index is 12.4. The molecule has 2 rings (SSSR count). The van der Waals surface area contributed by atoms with Crippen molar-refractivity contribution in [3.63, 3.8) is 0 Å². The number of rotatable bonds is 6. The number of benzene rings is 1. The quantitative estimate of drug-likeness (QED) is 0.621. The highest BCUT2D eigenvalue weighted by molar-refractivity contribution is 9.11. The Hall–Kier alpha value is -1.59. The molecule has 1 amide bonds. The number of hydrogen-bond donors (Lipinski definition) is 1. The third kappa shape index (κ3) is 3.10. The number of ether oxygens (including phenoxy) is 1. The maximum Gasteiger partial charge on any atom is 0.236 e. The van der Waals surface area contributed by atoms with Gasteiger partial charge in [-0.3, -0.25) is 4.79 Å². The predicted octanol–water partition coefficient (Wildman–Crippen LogP) is 3.26. The lowest BCUT2D eigenvalue weighted by molar-refractivity contribution is -0.131. The first-order valence-electron chi connectivity index (χ1n) is 7.00. The molecule has 0 spiro atoms. The van der Waals surface area contributed by atoms with Gasteiger partial charge >= 0.3 is 0 Å². The Labute approximate surface area is 139 Å². The number of anilines is 1. The fourth-order valence-corrected chi connectivity index (χ4v) is 3.13. The second-order valence-electron chi connectivity index (χ2n) is 5.51. The van der Waals surface area contributed by atoms with Gasteiger partial charge in [-0.2, -0.15) is 0 Å². The Bertz CT molecular complexity index is 596. The molecule has 5 heteroatoms. The summed E-state index contributed by atoms with van der Waals surface area (Å²) < 4.78 is 5.83. The van der Waals surface area contributed by atoms with Crippen LogP contribution in [0, 0.1) is 5.92 Å². The summed E-state index contributed by atoms with van der Waals surface area (Å²) in [5, 5.41) is 10.5. The number of methoxy groups -OCH3 is 1. The van der Waals surface area contributed by atoms with Crippen LogP contribution >= 0.6 is 15.9 Å². The number of carbonyl (C=O) groups excluding carboxylic acids is 1. The Morgan fingerprint density at radius 3 is 2.45 bits per heavy atom. The van der Waals surface area contributed by atoms with Crippen molar-refractivity contribution in [3.8, 4) is 5.75 Å². The maximum absolute atomic E-state index is 12.4. The fraction of sp³-hybridized carbons (Fsp3) is 0.353. The smallest absolute Gasteiger partial charge is 0.236 e. The average molecular weight is 366 g/mol. The van der Waals surface area contributed by atoms with Gasteiger partial charge in [-0.25, -0.2) is 0 Å². The molecule has 22 heavy (non-hydrogen) atoms. The number of aliphatic hydroxyl groups is 1. The number of halogens is 1. The normalized spacial score (nSPS) is 22.0. The van der Waals surface area contributed by atoms with Gasteiger partial charge in [-0.1, -0.05) is 34.7 Å². The lowest BCUT2D eigenvalue weighted by Crippen LogP contribution is -2.66. The largest absolute Gasteiger partial charge is 0.497 e. The van der Waals surface area contributed by atoms with E-state index in [0.29, 0.717) is 10.9 Å². The molecule has 4 nitrogen and oxygen atoms in total. The molecule has 0 aliphatic carbocycles. The molecule has 0 saturated carbocycles. The van der Waals surface area contributed by atoms with Crippen molar-refractivity contribution < 1.29 is 14.6 Å². The molecule has 1 aromatic rings. The molecule has 1 N–H and O–H groups in total. The Balaban J connectivity index is 2.29. The van der Waals surface area contributed by atoms with Crippen LogP contribution in [0.5, 0.6) is 5.75 Å². The molecular weight excluding hydrogens is 346 g/mol. The molecule has 1 saturated heterocycles. The van der Waals surface area contributed by atoms with E-state index in [1.165, 1.54) is 0 Å². The minimum atomic E-state index is -0.701. The summed E-state index contributed by atoms with van der Waals surface area (Å²) in [6.45, 7) is 9.46. The standard InChI is InChI=1S/C17H20BrNO3/c1-10(2)15-16(14(20)9-11(3)18)19(17(15)21)12-5-7-13(22-4)8-6-12/h5-8,14-16,20H,1,3,9H2,2,4H3/t14-,15-,16+/m1/s1. The molecule has 1 aliphatic heterocycles. The first-order valence-corrected chi connectivity index (χ1v) is 7.80. The van der Waals surface area contributed by atoms with E-state index in [1.54, 1.807) is 24.1 Å². The second kappa shape index (κ2) is 6.67. The number of nitrogens with zero attached hydrogens (tertiary/aromatic N) is 1. The van der Waals surface area contributed by atoms with E-state index in [4.69, 9.17) is 4.74 Å². The molecule has 1 fully saturated rings. The summed E-state index contributed by atoms with van der Waals surface area (Å²) in [5.74, 6) is 0.324. The van der Waals surface area contributed by atoms with Crippen LogP contribution < -0.4 is 9.64 Å². The van der Waals surface area contributed by atoms with Crippen LogP contribution in [0.4, 0.5) is 5.69 Å². The van der Waals surface area contributed by atoms with E-state index >= 15 is 0 Å². The highest BCUT2D eigenvalue weighted by atomic mass is 79.9. The predicted molar refractivity (Wildman–Crippen MR) is 91.3 cm³/mol. The number of aliphatic hydroxyl groups excluding tert-OH is 1. The Morgan fingerprint density at radius 2 is 2.00 bits per heavy atom. The van der Waals surface area contributed by atoms with E-state index in [-0.39, 0.29) is 17.9 Å². The first kappa shape index (κ1) is 16.8. The van der Waals surface area contributed by atoms with Crippen LogP contribution in [0.15, 0.2) is 47.5 Å². The lowest BCUT2D eigenvalue weighted by atomic mass is 9.78. The number of hydrogen-bond acceptors (Lipinski definition) is 3. The molecule has 1 aromatic carbocycles.